The van der Waals surface area contributed by atoms with Crippen molar-refractivity contribution in [2.75, 3.05) is 26.3 Å². The van der Waals surface area contributed by atoms with Crippen molar-refractivity contribution in [3.8, 4) is 0 Å². The molecule has 1 aliphatic heterocycles. The molecule has 0 aliphatic carbocycles. The van der Waals surface area contributed by atoms with Crippen molar-refractivity contribution in [3.05, 3.63) is 51.5 Å². The molecule has 152 valence electrons. The van der Waals surface area contributed by atoms with E-state index in [2.05, 4.69) is 60.7 Å². The summed E-state index contributed by atoms with van der Waals surface area (Å²) in [6.07, 6.45) is 5.04. The lowest BCUT2D eigenvalue weighted by Gasteiger charge is -2.39. The number of aromatic nitrogens is 1. The molecule has 0 spiro atoms. The number of nitrogens with zero attached hydrogens (tertiary/aromatic N) is 2. The van der Waals surface area contributed by atoms with Crippen molar-refractivity contribution in [1.29, 1.82) is 0 Å². The Balaban J connectivity index is 1.73. The second-order valence-electron chi connectivity index (χ2n) is 7.33. The lowest BCUT2D eigenvalue weighted by atomic mass is 9.72. The zero-order valence-corrected chi connectivity index (χ0v) is 18.1. The average Bonchev–Trinajstić information content (AvgIpc) is 3.19. The summed E-state index contributed by atoms with van der Waals surface area (Å²) in [7, 11) is 0. The zero-order chi connectivity index (χ0) is 19.8. The zero-order valence-electron chi connectivity index (χ0n) is 17.3. The normalized spacial score (nSPS) is 16.8. The monoisotopic (exact) mass is 400 g/mol. The highest BCUT2D eigenvalue weighted by molar-refractivity contribution is 7.11. The first kappa shape index (κ1) is 20.8. The molecule has 1 aliphatic rings. The first-order chi connectivity index (χ1) is 13.7. The van der Waals surface area contributed by atoms with E-state index in [1.54, 1.807) is 11.3 Å². The van der Waals surface area contributed by atoms with E-state index in [1.165, 1.54) is 16.0 Å². The molecule has 1 saturated heterocycles. The summed E-state index contributed by atoms with van der Waals surface area (Å²) in [5.41, 5.74) is 2.85. The van der Waals surface area contributed by atoms with Crippen LogP contribution in [-0.2, 0) is 23.1 Å². The van der Waals surface area contributed by atoms with Gasteiger partial charge in [0.25, 0.3) is 0 Å². The highest BCUT2D eigenvalue weighted by Gasteiger charge is 2.35. The van der Waals surface area contributed by atoms with E-state index in [-0.39, 0.29) is 5.41 Å². The summed E-state index contributed by atoms with van der Waals surface area (Å²) in [6.45, 7) is 10.4. The smallest absolute Gasteiger partial charge is 0.191 e. The Bertz CT molecular complexity index is 780. The summed E-state index contributed by atoms with van der Waals surface area (Å²) < 4.78 is 5.68. The van der Waals surface area contributed by atoms with Crippen LogP contribution in [-0.4, -0.2) is 37.2 Å². The van der Waals surface area contributed by atoms with E-state index in [0.29, 0.717) is 6.54 Å². The summed E-state index contributed by atoms with van der Waals surface area (Å²) in [5, 5.41) is 8.05. The third-order valence-electron chi connectivity index (χ3n) is 5.43. The Kier molecular flexibility index (Phi) is 7.45. The van der Waals surface area contributed by atoms with Gasteiger partial charge in [-0.3, -0.25) is 0 Å². The second kappa shape index (κ2) is 10.0. The van der Waals surface area contributed by atoms with Crippen LogP contribution in [0.5, 0.6) is 0 Å². The highest BCUT2D eigenvalue weighted by atomic mass is 32.1. The Morgan fingerprint density at radius 2 is 2.00 bits per heavy atom. The fourth-order valence-electron chi connectivity index (χ4n) is 3.80. The largest absolute Gasteiger partial charge is 0.381 e. The van der Waals surface area contributed by atoms with Gasteiger partial charge in [0.1, 0.15) is 5.01 Å². The topological polar surface area (TPSA) is 58.5 Å². The predicted molar refractivity (Wildman–Crippen MR) is 117 cm³/mol. The summed E-state index contributed by atoms with van der Waals surface area (Å²) in [5.74, 6) is 0.857. The van der Waals surface area contributed by atoms with Gasteiger partial charge in [0.05, 0.1) is 6.54 Å². The van der Waals surface area contributed by atoms with Gasteiger partial charge in [-0.15, -0.1) is 11.3 Å². The molecule has 2 N–H and O–H groups in total. The number of hydrogen-bond donors (Lipinski definition) is 2. The maximum atomic E-state index is 5.68. The second-order valence-corrected chi connectivity index (χ2v) is 8.53. The van der Waals surface area contributed by atoms with E-state index in [1.807, 2.05) is 6.20 Å². The van der Waals surface area contributed by atoms with Crippen LogP contribution in [0.4, 0.5) is 0 Å². The quantitative estimate of drug-likeness (QED) is 0.548. The van der Waals surface area contributed by atoms with E-state index in [4.69, 9.17) is 9.73 Å². The number of guanidine groups is 1. The molecule has 0 bridgehead atoms. The minimum atomic E-state index is 0.0797. The predicted octanol–water partition coefficient (Wildman–Crippen LogP) is 3.82. The van der Waals surface area contributed by atoms with Gasteiger partial charge in [-0.25, -0.2) is 9.98 Å². The summed E-state index contributed by atoms with van der Waals surface area (Å²) in [4.78, 5) is 10.6. The standard InChI is InChI=1S/C22H32N4OS/c1-4-18-14-24-20(28-18)15-25-21(23-5-2)26-16-22(10-12-27-13-11-22)19-9-7-6-8-17(19)3/h6-9,14H,4-5,10-13,15-16H2,1-3H3,(H2,23,25,26). The van der Waals surface area contributed by atoms with Gasteiger partial charge in [-0.1, -0.05) is 31.2 Å². The Morgan fingerprint density at radius 3 is 2.68 bits per heavy atom. The number of hydrogen-bond acceptors (Lipinski definition) is 4. The van der Waals surface area contributed by atoms with Crippen molar-refractivity contribution in [2.45, 2.75) is 52.0 Å². The van der Waals surface area contributed by atoms with Crippen LogP contribution in [0.2, 0.25) is 0 Å². The summed E-state index contributed by atoms with van der Waals surface area (Å²) in [6, 6.07) is 8.74. The molecule has 1 fully saturated rings. The van der Waals surface area contributed by atoms with Crippen molar-refractivity contribution in [1.82, 2.24) is 15.6 Å². The third kappa shape index (κ3) is 5.11. The van der Waals surface area contributed by atoms with E-state index >= 15 is 0 Å². The van der Waals surface area contributed by atoms with Crippen LogP contribution in [0.3, 0.4) is 0 Å². The fourth-order valence-corrected chi connectivity index (χ4v) is 4.58. The SMILES string of the molecule is CCNC(=NCc1ncc(CC)s1)NCC1(c2ccccc2C)CCOCC1. The van der Waals surface area contributed by atoms with Crippen molar-refractivity contribution < 1.29 is 4.74 Å². The first-order valence-electron chi connectivity index (χ1n) is 10.3. The minimum absolute atomic E-state index is 0.0797. The van der Waals surface area contributed by atoms with E-state index in [9.17, 15) is 0 Å². The maximum Gasteiger partial charge on any atom is 0.191 e. The van der Waals surface area contributed by atoms with Crippen molar-refractivity contribution in [2.24, 2.45) is 4.99 Å². The van der Waals surface area contributed by atoms with Gasteiger partial charge in [0.2, 0.25) is 0 Å². The molecule has 2 heterocycles. The number of aryl methyl sites for hydroxylation is 2. The number of ether oxygens (including phenoxy) is 1. The molecule has 1 aromatic carbocycles. The van der Waals surface area contributed by atoms with Crippen molar-refractivity contribution >= 4 is 17.3 Å². The van der Waals surface area contributed by atoms with Crippen LogP contribution in [0.1, 0.15) is 47.7 Å². The van der Waals surface area contributed by atoms with Gasteiger partial charge in [0, 0.05) is 42.8 Å². The van der Waals surface area contributed by atoms with E-state index < -0.39 is 0 Å². The number of benzene rings is 1. The Morgan fingerprint density at radius 1 is 1.21 bits per heavy atom. The molecule has 2 aromatic rings. The van der Waals surface area contributed by atoms with Gasteiger partial charge < -0.3 is 15.4 Å². The molecular weight excluding hydrogens is 368 g/mol. The van der Waals surface area contributed by atoms with Crippen LogP contribution < -0.4 is 10.6 Å². The molecule has 0 amide bonds. The number of aliphatic imine (C=N–C) groups is 1. The lowest BCUT2D eigenvalue weighted by Crippen LogP contribution is -2.48. The van der Waals surface area contributed by atoms with Crippen LogP contribution >= 0.6 is 11.3 Å². The Hall–Kier alpha value is -1.92. The maximum absolute atomic E-state index is 5.68. The lowest BCUT2D eigenvalue weighted by molar-refractivity contribution is 0.0512. The van der Waals surface area contributed by atoms with E-state index in [0.717, 1.165) is 56.5 Å². The molecule has 0 unspecified atom stereocenters. The third-order valence-corrected chi connectivity index (χ3v) is 6.55. The molecule has 28 heavy (non-hydrogen) atoms. The number of nitrogens with one attached hydrogen (secondary N) is 2. The number of rotatable bonds is 7. The fraction of sp³-hybridized carbons (Fsp3) is 0.545. The first-order valence-corrected chi connectivity index (χ1v) is 11.1. The van der Waals surface area contributed by atoms with Crippen LogP contribution in [0.25, 0.3) is 0 Å². The molecule has 0 saturated carbocycles. The number of thiazole rings is 1. The van der Waals surface area contributed by atoms with Crippen LogP contribution in [0.15, 0.2) is 35.5 Å². The molecular formula is C22H32N4OS. The summed E-state index contributed by atoms with van der Waals surface area (Å²) >= 11 is 1.75. The van der Waals surface area contributed by atoms with Gasteiger partial charge in [0.15, 0.2) is 5.96 Å². The average molecular weight is 401 g/mol. The van der Waals surface area contributed by atoms with Crippen LogP contribution in [0, 0.1) is 6.92 Å². The van der Waals surface area contributed by atoms with Gasteiger partial charge in [-0.05, 0) is 44.2 Å². The molecule has 6 heteroatoms. The molecule has 0 radical (unpaired) electrons. The molecule has 0 atom stereocenters. The molecule has 3 rings (SSSR count). The highest BCUT2D eigenvalue weighted by Crippen LogP contribution is 2.36. The molecule has 1 aromatic heterocycles. The van der Waals surface area contributed by atoms with Crippen molar-refractivity contribution in [3.63, 3.8) is 0 Å². The Labute approximate surface area is 172 Å². The minimum Gasteiger partial charge on any atom is -0.381 e. The molecule has 5 nitrogen and oxygen atoms in total. The van der Waals surface area contributed by atoms with Gasteiger partial charge in [-0.2, -0.15) is 0 Å². The van der Waals surface area contributed by atoms with Gasteiger partial charge >= 0.3 is 0 Å².